The molecule has 0 spiro atoms. The first-order chi connectivity index (χ1) is 11.0. The summed E-state index contributed by atoms with van der Waals surface area (Å²) < 4.78 is 6.22. The molecule has 0 radical (unpaired) electrons. The Morgan fingerprint density at radius 2 is 2.26 bits per heavy atom. The van der Waals surface area contributed by atoms with Gasteiger partial charge in [0.15, 0.2) is 11.5 Å². The fraction of sp³-hybridized carbons (Fsp3) is 0.133. The lowest BCUT2D eigenvalue weighted by Crippen LogP contribution is -2.28. The minimum atomic E-state index is -0.452. The average molecular weight is 336 g/mol. The fourth-order valence-corrected chi connectivity index (χ4v) is 2.00. The smallest absolute Gasteiger partial charge is 0.260 e. The van der Waals surface area contributed by atoms with Gasteiger partial charge in [-0.25, -0.2) is 5.43 Å². The first kappa shape index (κ1) is 16.6. The van der Waals surface area contributed by atoms with Crippen molar-refractivity contribution in [1.29, 1.82) is 0 Å². The quantitative estimate of drug-likeness (QED) is 0.637. The van der Waals surface area contributed by atoms with Crippen LogP contribution < -0.4 is 15.7 Å². The third kappa shape index (κ3) is 4.33. The number of phenolic OH excluding ortho intramolecular Hbond substituents is 1. The molecule has 0 aliphatic rings. The number of ether oxygens (including phenoxy) is 1. The highest BCUT2D eigenvalue weighted by Gasteiger charge is 2.08. The summed E-state index contributed by atoms with van der Waals surface area (Å²) in [5, 5.41) is 13.5. The number of aromatic hydroxyl groups is 1. The molecule has 1 heterocycles. The Bertz CT molecular complexity index is 802. The van der Waals surface area contributed by atoms with Crippen LogP contribution in [0.5, 0.6) is 11.5 Å². The summed E-state index contributed by atoms with van der Waals surface area (Å²) in [6.45, 7) is -0.142. The molecule has 7 nitrogen and oxygen atoms in total. The molecule has 2 N–H and O–H groups in total. The van der Waals surface area contributed by atoms with Crippen LogP contribution in [0.4, 0.5) is 0 Å². The third-order valence-electron chi connectivity index (χ3n) is 2.89. The number of hydrogen-bond acceptors (Lipinski definition) is 5. The molecule has 2 rings (SSSR count). The standard InChI is InChI=1S/C15H14ClN3O4/c1-23-12-7-10(6-11(16)15(12)22)8-17-18-13(20)9-19-5-3-2-4-14(19)21/h2-8,22H,9H2,1H3,(H,18,20)/b17-8+. The molecule has 0 saturated carbocycles. The number of carbonyl (C=O) groups excluding carboxylic acids is 1. The van der Waals surface area contributed by atoms with Crippen molar-refractivity contribution < 1.29 is 14.6 Å². The van der Waals surface area contributed by atoms with Crippen molar-refractivity contribution in [3.05, 3.63) is 57.5 Å². The van der Waals surface area contributed by atoms with E-state index in [2.05, 4.69) is 10.5 Å². The monoisotopic (exact) mass is 335 g/mol. The molecule has 23 heavy (non-hydrogen) atoms. The first-order valence-electron chi connectivity index (χ1n) is 6.55. The number of pyridine rings is 1. The van der Waals surface area contributed by atoms with Gasteiger partial charge in [-0.05, 0) is 23.8 Å². The number of amides is 1. The van der Waals surface area contributed by atoms with Crippen molar-refractivity contribution >= 4 is 23.7 Å². The molecule has 0 unspecified atom stereocenters. The van der Waals surface area contributed by atoms with Crippen molar-refractivity contribution in [1.82, 2.24) is 9.99 Å². The Morgan fingerprint density at radius 3 is 2.96 bits per heavy atom. The molecule has 1 aromatic carbocycles. The van der Waals surface area contributed by atoms with Crippen molar-refractivity contribution in [2.45, 2.75) is 6.54 Å². The maximum Gasteiger partial charge on any atom is 0.260 e. The molecule has 0 aliphatic carbocycles. The van der Waals surface area contributed by atoms with Crippen LogP contribution >= 0.6 is 11.6 Å². The lowest BCUT2D eigenvalue weighted by atomic mass is 10.2. The highest BCUT2D eigenvalue weighted by Crippen LogP contribution is 2.34. The molecule has 1 aromatic heterocycles. The minimum absolute atomic E-state index is 0.105. The molecule has 0 atom stereocenters. The lowest BCUT2D eigenvalue weighted by Gasteiger charge is -2.06. The van der Waals surface area contributed by atoms with Gasteiger partial charge >= 0.3 is 0 Å². The van der Waals surface area contributed by atoms with Crippen LogP contribution in [0.2, 0.25) is 5.02 Å². The van der Waals surface area contributed by atoms with Crippen LogP contribution in [-0.4, -0.2) is 28.9 Å². The van der Waals surface area contributed by atoms with Gasteiger partial charge in [-0.1, -0.05) is 17.7 Å². The van der Waals surface area contributed by atoms with E-state index in [1.165, 1.54) is 42.3 Å². The van der Waals surface area contributed by atoms with Gasteiger partial charge in [0.2, 0.25) is 0 Å². The van der Waals surface area contributed by atoms with Crippen molar-refractivity contribution in [2.24, 2.45) is 5.10 Å². The Kier molecular flexibility index (Phi) is 5.37. The number of phenols is 1. The van der Waals surface area contributed by atoms with Crippen LogP contribution in [0.15, 0.2) is 46.4 Å². The molecule has 0 saturated heterocycles. The number of aromatic nitrogens is 1. The van der Waals surface area contributed by atoms with Crippen LogP contribution in [0.1, 0.15) is 5.56 Å². The van der Waals surface area contributed by atoms with E-state index in [0.29, 0.717) is 5.56 Å². The lowest BCUT2D eigenvalue weighted by molar-refractivity contribution is -0.121. The van der Waals surface area contributed by atoms with Crippen molar-refractivity contribution in [3.63, 3.8) is 0 Å². The van der Waals surface area contributed by atoms with E-state index >= 15 is 0 Å². The molecule has 8 heteroatoms. The summed E-state index contributed by atoms with van der Waals surface area (Å²) in [5.74, 6) is -0.425. The van der Waals surface area contributed by atoms with Crippen LogP contribution in [0.3, 0.4) is 0 Å². The second-order valence-electron chi connectivity index (χ2n) is 4.51. The van der Waals surface area contributed by atoms with Gasteiger partial charge in [0, 0.05) is 12.3 Å². The van der Waals surface area contributed by atoms with Gasteiger partial charge in [0.25, 0.3) is 11.5 Å². The molecule has 120 valence electrons. The van der Waals surface area contributed by atoms with Crippen molar-refractivity contribution in [2.75, 3.05) is 7.11 Å². The van der Waals surface area contributed by atoms with E-state index < -0.39 is 5.91 Å². The number of nitrogens with one attached hydrogen (secondary N) is 1. The number of rotatable bonds is 5. The normalized spacial score (nSPS) is 10.7. The highest BCUT2D eigenvalue weighted by atomic mass is 35.5. The summed E-state index contributed by atoms with van der Waals surface area (Å²) in [6.07, 6.45) is 2.86. The van der Waals surface area contributed by atoms with Gasteiger partial charge in [0.1, 0.15) is 6.54 Å². The minimum Gasteiger partial charge on any atom is -0.503 e. The largest absolute Gasteiger partial charge is 0.503 e. The summed E-state index contributed by atoms with van der Waals surface area (Å²) in [7, 11) is 1.39. The maximum atomic E-state index is 11.7. The first-order valence-corrected chi connectivity index (χ1v) is 6.93. The van der Waals surface area contributed by atoms with Gasteiger partial charge in [-0.3, -0.25) is 9.59 Å². The van der Waals surface area contributed by atoms with Gasteiger partial charge in [-0.15, -0.1) is 0 Å². The Labute approximate surface area is 136 Å². The summed E-state index contributed by atoms with van der Waals surface area (Å²) in [4.78, 5) is 23.2. The molecule has 0 bridgehead atoms. The Morgan fingerprint density at radius 1 is 1.48 bits per heavy atom. The van der Waals surface area contributed by atoms with E-state index in [0.717, 1.165) is 0 Å². The van der Waals surface area contributed by atoms with Crippen LogP contribution in [0, 0.1) is 0 Å². The zero-order chi connectivity index (χ0) is 16.8. The molecular formula is C15H14ClN3O4. The number of methoxy groups -OCH3 is 1. The zero-order valence-electron chi connectivity index (χ0n) is 12.2. The Hall–Kier alpha value is -2.80. The number of benzene rings is 1. The number of nitrogens with zero attached hydrogens (tertiary/aromatic N) is 2. The highest BCUT2D eigenvalue weighted by molar-refractivity contribution is 6.32. The van der Waals surface area contributed by atoms with E-state index in [4.69, 9.17) is 16.3 Å². The topological polar surface area (TPSA) is 92.9 Å². The zero-order valence-corrected chi connectivity index (χ0v) is 12.9. The summed E-state index contributed by atoms with van der Waals surface area (Å²) >= 11 is 5.85. The SMILES string of the molecule is COc1cc(/C=N/NC(=O)Cn2ccccc2=O)cc(Cl)c1O. The molecule has 0 fully saturated rings. The van der Waals surface area contributed by atoms with Crippen molar-refractivity contribution in [3.8, 4) is 11.5 Å². The fourth-order valence-electron chi connectivity index (χ4n) is 1.78. The summed E-state index contributed by atoms with van der Waals surface area (Å²) in [6, 6.07) is 7.59. The van der Waals surface area contributed by atoms with E-state index in [1.54, 1.807) is 12.1 Å². The summed E-state index contributed by atoms with van der Waals surface area (Å²) in [5.41, 5.74) is 2.56. The van der Waals surface area contributed by atoms with Gasteiger partial charge < -0.3 is 14.4 Å². The van der Waals surface area contributed by atoms with E-state index in [1.807, 2.05) is 0 Å². The second kappa shape index (κ2) is 7.46. The maximum absolute atomic E-state index is 11.7. The van der Waals surface area contributed by atoms with E-state index in [9.17, 15) is 14.7 Å². The molecule has 1 amide bonds. The van der Waals surface area contributed by atoms with Gasteiger partial charge in [0.05, 0.1) is 18.3 Å². The predicted octanol–water partition coefficient (Wildman–Crippen LogP) is 1.37. The van der Waals surface area contributed by atoms with Gasteiger partial charge in [-0.2, -0.15) is 5.10 Å². The third-order valence-corrected chi connectivity index (χ3v) is 3.17. The molecule has 2 aromatic rings. The number of hydrazone groups is 1. The number of hydrogen-bond donors (Lipinski definition) is 2. The number of carbonyl (C=O) groups is 1. The average Bonchev–Trinajstić information content (AvgIpc) is 2.53. The Balaban J connectivity index is 2.02. The molecule has 0 aliphatic heterocycles. The van der Waals surface area contributed by atoms with E-state index in [-0.39, 0.29) is 28.6 Å². The second-order valence-corrected chi connectivity index (χ2v) is 4.92. The van der Waals surface area contributed by atoms with Crippen LogP contribution in [-0.2, 0) is 11.3 Å². The molecular weight excluding hydrogens is 322 g/mol. The number of halogens is 1. The predicted molar refractivity (Wildman–Crippen MR) is 86.1 cm³/mol. The van der Waals surface area contributed by atoms with Crippen LogP contribution in [0.25, 0.3) is 0 Å².